The molecule has 0 aliphatic carbocycles. The van der Waals surface area contributed by atoms with Gasteiger partial charge in [-0.25, -0.2) is 13.1 Å². The molecule has 0 aromatic heterocycles. The smallest absolute Gasteiger partial charge is 0.269 e. The maximum Gasteiger partial charge on any atom is 0.269 e. The number of aryl methyl sites for hydroxylation is 1. The van der Waals surface area contributed by atoms with Gasteiger partial charge in [-0.05, 0) is 48.8 Å². The number of nitrogens with zero attached hydrogens (tertiary/aromatic N) is 1. The molecule has 0 unspecified atom stereocenters. The van der Waals surface area contributed by atoms with E-state index < -0.39 is 21.1 Å². The fourth-order valence-electron chi connectivity index (χ4n) is 2.82. The number of nitrogens with one attached hydrogen (secondary N) is 1. The first-order valence-electron chi connectivity index (χ1n) is 9.51. The summed E-state index contributed by atoms with van der Waals surface area (Å²) in [7, 11) is -3.91. The minimum absolute atomic E-state index is 0.0130. The molecule has 0 heterocycles. The first kappa shape index (κ1) is 23.0. The molecule has 0 aliphatic rings. The third kappa shape index (κ3) is 7.23. The Kier molecular flexibility index (Phi) is 8.31. The third-order valence-electron chi connectivity index (χ3n) is 4.49. The van der Waals surface area contributed by atoms with Crippen molar-refractivity contribution in [3.8, 4) is 0 Å². The number of aliphatic hydroxyl groups is 1. The van der Waals surface area contributed by atoms with Gasteiger partial charge >= 0.3 is 0 Å². The fourth-order valence-corrected chi connectivity index (χ4v) is 4.12. The molecule has 0 saturated carbocycles. The lowest BCUT2D eigenvalue weighted by Crippen LogP contribution is -2.33. The van der Waals surface area contributed by atoms with Crippen LogP contribution in [0.3, 0.4) is 0 Å². The summed E-state index contributed by atoms with van der Waals surface area (Å²) in [6.45, 7) is 3.83. The van der Waals surface area contributed by atoms with Gasteiger partial charge in [-0.2, -0.15) is 0 Å². The van der Waals surface area contributed by atoms with Crippen LogP contribution >= 0.6 is 0 Å². The molecular formula is C21H27N2O5S. The Hall–Kier alpha value is -2.29. The summed E-state index contributed by atoms with van der Waals surface area (Å²) in [5, 5.41) is 21.2. The van der Waals surface area contributed by atoms with E-state index in [2.05, 4.69) is 4.72 Å². The summed E-state index contributed by atoms with van der Waals surface area (Å²) < 4.78 is 27.9. The van der Waals surface area contributed by atoms with E-state index in [1.54, 1.807) is 6.42 Å². The molecule has 0 aliphatic heterocycles. The maximum atomic E-state index is 12.8. The Morgan fingerprint density at radius 1 is 1.17 bits per heavy atom. The first-order chi connectivity index (χ1) is 13.7. The molecule has 1 radical (unpaired) electrons. The van der Waals surface area contributed by atoms with Crippen molar-refractivity contribution < 1.29 is 18.4 Å². The van der Waals surface area contributed by atoms with Crippen LogP contribution < -0.4 is 4.72 Å². The van der Waals surface area contributed by atoms with Crippen molar-refractivity contribution in [3.05, 3.63) is 76.2 Å². The molecule has 0 amide bonds. The van der Waals surface area contributed by atoms with Gasteiger partial charge in [0.15, 0.2) is 0 Å². The Morgan fingerprint density at radius 3 is 2.48 bits per heavy atom. The molecule has 29 heavy (non-hydrogen) atoms. The van der Waals surface area contributed by atoms with E-state index in [1.165, 1.54) is 18.2 Å². The zero-order valence-corrected chi connectivity index (χ0v) is 17.4. The van der Waals surface area contributed by atoms with Crippen LogP contribution in [0.4, 0.5) is 5.69 Å². The van der Waals surface area contributed by atoms with Crippen molar-refractivity contribution in [2.45, 2.75) is 44.1 Å². The molecule has 0 saturated heterocycles. The van der Waals surface area contributed by atoms with Gasteiger partial charge in [0.1, 0.15) is 0 Å². The molecular weight excluding hydrogens is 392 g/mol. The van der Waals surface area contributed by atoms with Crippen molar-refractivity contribution in [2.24, 2.45) is 5.92 Å². The zero-order chi connectivity index (χ0) is 21.4. The number of aliphatic hydroxyl groups excluding tert-OH is 1. The highest BCUT2D eigenvalue weighted by Gasteiger charge is 2.22. The molecule has 7 nitrogen and oxygen atoms in total. The molecule has 2 aromatic rings. The molecule has 0 bridgehead atoms. The Bertz CT molecular complexity index is 914. The molecule has 0 fully saturated rings. The summed E-state index contributed by atoms with van der Waals surface area (Å²) in [4.78, 5) is 10.5. The molecule has 8 heteroatoms. The number of non-ortho nitro benzene ring substituents is 1. The van der Waals surface area contributed by atoms with Crippen LogP contribution in [-0.2, 0) is 22.9 Å². The van der Waals surface area contributed by atoms with Crippen LogP contribution in [0.1, 0.15) is 31.4 Å². The van der Waals surface area contributed by atoms with Crippen molar-refractivity contribution in [2.75, 3.05) is 6.54 Å². The SMILES string of the molecule is CC(C)CCc1cc([N+](=O)[O-])ccc1S(=O)(=O)NC[C@H](O)[CH]Cc1ccccc1. The normalized spacial score (nSPS) is 12.8. The maximum absolute atomic E-state index is 12.8. The van der Waals surface area contributed by atoms with Gasteiger partial charge in [0.05, 0.1) is 15.9 Å². The predicted molar refractivity (Wildman–Crippen MR) is 112 cm³/mol. The topological polar surface area (TPSA) is 110 Å². The second-order valence-electron chi connectivity index (χ2n) is 7.33. The van der Waals surface area contributed by atoms with E-state index in [-0.39, 0.29) is 17.1 Å². The average molecular weight is 420 g/mol. The number of benzene rings is 2. The molecule has 1 atom stereocenters. The Morgan fingerprint density at radius 2 is 1.86 bits per heavy atom. The summed E-state index contributed by atoms with van der Waals surface area (Å²) in [6.07, 6.45) is 2.31. The van der Waals surface area contributed by atoms with Gasteiger partial charge in [0, 0.05) is 18.7 Å². The number of hydrogen-bond donors (Lipinski definition) is 2. The van der Waals surface area contributed by atoms with E-state index in [0.717, 1.165) is 5.56 Å². The number of nitro benzene ring substituents is 1. The third-order valence-corrected chi connectivity index (χ3v) is 6.01. The van der Waals surface area contributed by atoms with E-state index in [4.69, 9.17) is 0 Å². The van der Waals surface area contributed by atoms with Gasteiger partial charge in [-0.15, -0.1) is 0 Å². The van der Waals surface area contributed by atoms with Gasteiger partial charge in [-0.1, -0.05) is 44.2 Å². The highest BCUT2D eigenvalue weighted by atomic mass is 32.2. The van der Waals surface area contributed by atoms with Crippen molar-refractivity contribution in [3.63, 3.8) is 0 Å². The summed E-state index contributed by atoms with van der Waals surface area (Å²) >= 11 is 0. The first-order valence-corrected chi connectivity index (χ1v) is 11.0. The van der Waals surface area contributed by atoms with Gasteiger partial charge in [-0.3, -0.25) is 10.1 Å². The van der Waals surface area contributed by atoms with Crippen molar-refractivity contribution >= 4 is 15.7 Å². The van der Waals surface area contributed by atoms with Crippen LogP contribution in [-0.4, -0.2) is 31.1 Å². The van der Waals surface area contributed by atoms with Crippen LogP contribution in [0, 0.1) is 22.5 Å². The minimum Gasteiger partial charge on any atom is -0.391 e. The standard InChI is InChI=1S/C21H27N2O5S/c1-16(2)8-10-18-14-19(23(25)26)11-13-21(18)29(27,28)22-15-20(24)12-9-17-6-4-3-5-7-17/h3-7,11-14,16,20,22,24H,8-10,15H2,1-2H3/t20-/m1/s1. The van der Waals surface area contributed by atoms with Crippen LogP contribution in [0.15, 0.2) is 53.4 Å². The second-order valence-corrected chi connectivity index (χ2v) is 9.06. The summed E-state index contributed by atoms with van der Waals surface area (Å²) in [5.41, 5.74) is 1.28. The quantitative estimate of drug-likeness (QED) is 0.429. The van der Waals surface area contributed by atoms with Crippen LogP contribution in [0.5, 0.6) is 0 Å². The number of hydrogen-bond acceptors (Lipinski definition) is 5. The van der Waals surface area contributed by atoms with Crippen LogP contribution in [0.25, 0.3) is 0 Å². The van der Waals surface area contributed by atoms with Gasteiger partial charge in [0.25, 0.3) is 5.69 Å². The molecule has 157 valence electrons. The lowest BCUT2D eigenvalue weighted by atomic mass is 10.0. The van der Waals surface area contributed by atoms with Crippen molar-refractivity contribution in [1.29, 1.82) is 0 Å². The van der Waals surface area contributed by atoms with E-state index in [1.807, 2.05) is 44.2 Å². The monoisotopic (exact) mass is 419 g/mol. The molecule has 0 spiro atoms. The Labute approximate surface area is 172 Å². The van der Waals surface area contributed by atoms with Gasteiger partial charge in [0.2, 0.25) is 10.0 Å². The Balaban J connectivity index is 2.07. The molecule has 2 N–H and O–H groups in total. The van der Waals surface area contributed by atoms with E-state index in [0.29, 0.717) is 30.7 Å². The predicted octanol–water partition coefficient (Wildman–Crippen LogP) is 3.27. The fraction of sp³-hybridized carbons (Fsp3) is 0.381. The molecule has 2 aromatic carbocycles. The van der Waals surface area contributed by atoms with Gasteiger partial charge < -0.3 is 5.11 Å². The number of rotatable bonds is 11. The zero-order valence-electron chi connectivity index (χ0n) is 16.6. The molecule has 2 rings (SSSR count). The number of nitro groups is 1. The summed E-state index contributed by atoms with van der Waals surface area (Å²) in [5.74, 6) is 0.326. The largest absolute Gasteiger partial charge is 0.391 e. The van der Waals surface area contributed by atoms with Crippen LogP contribution in [0.2, 0.25) is 0 Å². The van der Waals surface area contributed by atoms with Crippen molar-refractivity contribution in [1.82, 2.24) is 4.72 Å². The summed E-state index contributed by atoms with van der Waals surface area (Å²) in [6, 6.07) is 13.3. The van der Waals surface area contributed by atoms with E-state index in [9.17, 15) is 23.6 Å². The lowest BCUT2D eigenvalue weighted by Gasteiger charge is -2.15. The number of sulfonamides is 1. The highest BCUT2D eigenvalue weighted by Crippen LogP contribution is 2.24. The highest BCUT2D eigenvalue weighted by molar-refractivity contribution is 7.89. The lowest BCUT2D eigenvalue weighted by molar-refractivity contribution is -0.385. The second kappa shape index (κ2) is 10.5. The minimum atomic E-state index is -3.91. The average Bonchev–Trinajstić information content (AvgIpc) is 2.69. The van der Waals surface area contributed by atoms with E-state index >= 15 is 0 Å².